The smallest absolute Gasteiger partial charge is 0.303 e. The number of carboxylic acids is 1. The van der Waals surface area contributed by atoms with Gasteiger partial charge in [-0.3, -0.25) is 9.59 Å². The number of allylic oxidation sites excluding steroid dienone is 3. The fraction of sp³-hybridized carbons (Fsp3) is 0.600. The van der Waals surface area contributed by atoms with E-state index < -0.39 is 73.1 Å². The molecule has 0 radical (unpaired) electrons. The van der Waals surface area contributed by atoms with Gasteiger partial charge < -0.3 is 15.3 Å². The van der Waals surface area contributed by atoms with Crippen LogP contribution in [0.15, 0.2) is 36.3 Å². The summed E-state index contributed by atoms with van der Waals surface area (Å²) in [4.78, 5) is 23.3. The summed E-state index contributed by atoms with van der Waals surface area (Å²) < 4.78 is 72.7. The topological polar surface area (TPSA) is 94.8 Å². The Morgan fingerprint density at radius 1 is 1.44 bits per heavy atom. The number of carbonyl (C=O) groups is 2. The van der Waals surface area contributed by atoms with Crippen molar-refractivity contribution in [1.82, 2.24) is 0 Å². The van der Waals surface area contributed by atoms with E-state index >= 15 is 0 Å². The Morgan fingerprint density at radius 3 is 2.88 bits per heavy atom. The van der Waals surface area contributed by atoms with Crippen LogP contribution in [0.1, 0.15) is 64.2 Å². The van der Waals surface area contributed by atoms with Crippen LogP contribution < -0.4 is 0 Å². The van der Waals surface area contributed by atoms with Crippen LogP contribution in [0.4, 0.5) is 0 Å². The molecular formula is C20H30O5. The maximum Gasteiger partial charge on any atom is 0.303 e. The van der Waals surface area contributed by atoms with E-state index in [4.69, 9.17) is 17.4 Å². The molecule has 1 aliphatic carbocycles. The molecule has 4 atom stereocenters. The summed E-state index contributed by atoms with van der Waals surface area (Å²) in [5.74, 6) is -7.85. The quantitative estimate of drug-likeness (QED) is 0.487. The van der Waals surface area contributed by atoms with Gasteiger partial charge in [0.1, 0.15) is 5.78 Å². The molecule has 0 spiro atoms. The van der Waals surface area contributed by atoms with Crippen LogP contribution in [0.2, 0.25) is 0 Å². The molecule has 5 nitrogen and oxygen atoms in total. The van der Waals surface area contributed by atoms with Crippen molar-refractivity contribution >= 4 is 11.8 Å². The van der Waals surface area contributed by atoms with Gasteiger partial charge in [-0.15, -0.1) is 0 Å². The van der Waals surface area contributed by atoms with Gasteiger partial charge in [0, 0.05) is 27.4 Å². The maximum absolute atomic E-state index is 12.6. The van der Waals surface area contributed by atoms with E-state index in [-0.39, 0.29) is 37.8 Å². The molecule has 0 aromatic rings. The van der Waals surface area contributed by atoms with Crippen molar-refractivity contribution in [2.24, 2.45) is 11.8 Å². The van der Waals surface area contributed by atoms with Gasteiger partial charge in [-0.05, 0) is 32.1 Å². The molecule has 1 fully saturated rings. The highest BCUT2D eigenvalue weighted by Gasteiger charge is 2.39. The molecule has 0 aromatic carbocycles. The summed E-state index contributed by atoms with van der Waals surface area (Å²) in [6, 6.07) is -2.69. The lowest BCUT2D eigenvalue weighted by Crippen LogP contribution is -2.18. The second-order valence-electron chi connectivity index (χ2n) is 5.34. The molecule has 1 rings (SSSR count). The van der Waals surface area contributed by atoms with Crippen LogP contribution in [0.5, 0.6) is 0 Å². The number of aliphatic carboxylic acids is 1. The van der Waals surface area contributed by atoms with Crippen molar-refractivity contribution in [2.45, 2.75) is 64.0 Å². The molecule has 3 N–H and O–H groups in total. The zero-order valence-corrected chi connectivity index (χ0v) is 14.2. The molecule has 0 heterocycles. The van der Waals surface area contributed by atoms with Crippen molar-refractivity contribution in [1.29, 1.82) is 0 Å². The van der Waals surface area contributed by atoms with E-state index in [0.29, 0.717) is 6.08 Å². The Kier molecular flexibility index (Phi) is 5.22. The Balaban J connectivity index is 3.42. The molecule has 140 valence electrons. The molecule has 1 aliphatic rings. The monoisotopic (exact) mass is 368 g/mol. The lowest BCUT2D eigenvalue weighted by atomic mass is 9.90. The van der Waals surface area contributed by atoms with Gasteiger partial charge in [0.15, 0.2) is 0 Å². The molecule has 0 saturated heterocycles. The summed E-state index contributed by atoms with van der Waals surface area (Å²) in [5.41, 5.74) is 0. The average molecular weight is 369 g/mol. The number of Topliss-reactive ketones (excluding diaryl/α,β-unsaturated/α-hetero) is 1. The summed E-state index contributed by atoms with van der Waals surface area (Å²) in [6.07, 6.45) is -8.36. The minimum absolute atomic E-state index is 0.0191. The lowest BCUT2D eigenvalue weighted by molar-refractivity contribution is -0.137. The van der Waals surface area contributed by atoms with Crippen molar-refractivity contribution in [3.05, 3.63) is 36.3 Å². The predicted octanol–water partition coefficient (Wildman–Crippen LogP) is 3.03. The Bertz CT molecular complexity index is 912. The third-order valence-corrected chi connectivity index (χ3v) is 3.32. The molecule has 0 amide bonds. The molecule has 25 heavy (non-hydrogen) atoms. The van der Waals surface area contributed by atoms with E-state index in [1.54, 1.807) is 6.92 Å². The van der Waals surface area contributed by atoms with Crippen molar-refractivity contribution < 1.29 is 37.2 Å². The van der Waals surface area contributed by atoms with Gasteiger partial charge in [-0.1, -0.05) is 43.3 Å². The first-order valence-electron chi connectivity index (χ1n) is 12.5. The van der Waals surface area contributed by atoms with Crippen LogP contribution >= 0.6 is 0 Å². The number of aliphatic hydroxyl groups is 2. The summed E-state index contributed by atoms with van der Waals surface area (Å²) >= 11 is 0. The van der Waals surface area contributed by atoms with Crippen LogP contribution in [0, 0.1) is 11.8 Å². The average Bonchev–Trinajstić information content (AvgIpc) is 2.82. The van der Waals surface area contributed by atoms with Gasteiger partial charge in [-0.2, -0.15) is 0 Å². The first-order chi connectivity index (χ1) is 15.3. The van der Waals surface area contributed by atoms with Crippen LogP contribution in [-0.2, 0) is 9.59 Å². The number of hydrogen-bond donors (Lipinski definition) is 3. The molecular weight excluding hydrogens is 320 g/mol. The van der Waals surface area contributed by atoms with E-state index in [2.05, 4.69) is 0 Å². The van der Waals surface area contributed by atoms with Gasteiger partial charge in [0.2, 0.25) is 0 Å². The summed E-state index contributed by atoms with van der Waals surface area (Å²) in [7, 11) is 0. The van der Waals surface area contributed by atoms with Crippen LogP contribution in [-0.4, -0.2) is 39.2 Å². The van der Waals surface area contributed by atoms with Crippen LogP contribution in [0.25, 0.3) is 0 Å². The van der Waals surface area contributed by atoms with E-state index in [9.17, 15) is 19.8 Å². The predicted molar refractivity (Wildman–Crippen MR) is 97.0 cm³/mol. The molecule has 0 unspecified atom stereocenters. The second kappa shape index (κ2) is 11.8. The number of ketones is 1. The standard InChI is InChI=1S/C20H30O5/c1-2-3-6-9-15(21)12-13-17-16(18(22)14-19(17)23)10-7-4-5-8-11-20(24)25/h3-4,6-7,12-13,15-17,19,21,23H,2,5,8-11,14H2,1H3,(H,24,25)/b6-3-,7-4-,13-12+/t15-,16+,17+,19+/m0/s1/i3T,4T,6T,7T,12T,15T,16T,17T,19T. The number of hydrogen-bond acceptors (Lipinski definition) is 4. The Hall–Kier alpha value is -1.72. The zero-order chi connectivity index (χ0) is 26.7. The highest BCUT2D eigenvalue weighted by molar-refractivity contribution is 5.84. The SMILES string of the molecule is [3H]/C(CC)=C(\[3H])C[C@]([3H])(O)/C([3H])=C/[C@]1([3H])[C@@]([3H])(C/C([3H])=C(/[3H])CCCC(=O)O)C(=O)C[C@@]1([3H])O. The zero-order valence-electron chi connectivity index (χ0n) is 23.2. The van der Waals surface area contributed by atoms with Gasteiger partial charge in [-0.25, -0.2) is 0 Å². The van der Waals surface area contributed by atoms with E-state index in [1.807, 2.05) is 0 Å². The molecule has 5 heteroatoms. The first kappa shape index (κ1) is 11.1. The summed E-state index contributed by atoms with van der Waals surface area (Å²) in [5, 5.41) is 29.6. The minimum atomic E-state index is -2.95. The Morgan fingerprint density at radius 2 is 2.20 bits per heavy atom. The fourth-order valence-corrected chi connectivity index (χ4v) is 2.09. The van der Waals surface area contributed by atoms with Crippen LogP contribution in [0.3, 0.4) is 0 Å². The van der Waals surface area contributed by atoms with E-state index in [0.717, 1.165) is 0 Å². The van der Waals surface area contributed by atoms with Gasteiger partial charge in [0.25, 0.3) is 0 Å². The largest absolute Gasteiger partial charge is 0.481 e. The lowest BCUT2D eigenvalue weighted by Gasteiger charge is -2.16. The first-order valence-corrected chi connectivity index (χ1v) is 8.05. The molecule has 1 saturated carbocycles. The Labute approximate surface area is 162 Å². The molecule has 0 aliphatic heterocycles. The number of carbonyl (C=O) groups excluding carboxylic acids is 1. The summed E-state index contributed by atoms with van der Waals surface area (Å²) in [6.45, 7) is 1.57. The highest BCUT2D eigenvalue weighted by atomic mass is 16.4. The number of rotatable bonds is 11. The second-order valence-corrected chi connectivity index (χ2v) is 5.34. The number of carboxylic acid groups (broad SMARTS) is 1. The third kappa shape index (κ3) is 8.27. The van der Waals surface area contributed by atoms with Crippen molar-refractivity contribution in [3.63, 3.8) is 0 Å². The van der Waals surface area contributed by atoms with Crippen molar-refractivity contribution in [3.8, 4) is 0 Å². The fourth-order valence-electron chi connectivity index (χ4n) is 2.09. The third-order valence-electron chi connectivity index (χ3n) is 3.32. The normalized spacial score (nSPS) is 42.8. The minimum Gasteiger partial charge on any atom is -0.481 e. The maximum atomic E-state index is 12.6. The molecule has 0 bridgehead atoms. The van der Waals surface area contributed by atoms with E-state index in [1.165, 1.54) is 0 Å². The van der Waals surface area contributed by atoms with Crippen molar-refractivity contribution in [2.75, 3.05) is 0 Å². The van der Waals surface area contributed by atoms with Gasteiger partial charge >= 0.3 is 5.97 Å². The molecule has 0 aromatic heterocycles. The highest BCUT2D eigenvalue weighted by Crippen LogP contribution is 2.33. The van der Waals surface area contributed by atoms with Gasteiger partial charge in [0.05, 0.1) is 21.8 Å².